The van der Waals surface area contributed by atoms with Crippen molar-refractivity contribution in [1.29, 1.82) is 0 Å². The molecule has 0 amide bonds. The lowest BCUT2D eigenvalue weighted by Crippen LogP contribution is -1.93. The fourth-order valence-electron chi connectivity index (χ4n) is 2.17. The highest BCUT2D eigenvalue weighted by atomic mass is 32.1. The van der Waals surface area contributed by atoms with E-state index in [-0.39, 0.29) is 0 Å². The number of aromatic carboxylic acids is 1. The van der Waals surface area contributed by atoms with Gasteiger partial charge in [-0.3, -0.25) is 0 Å². The summed E-state index contributed by atoms with van der Waals surface area (Å²) in [5.41, 5.74) is 6.15. The molecule has 1 aromatic carbocycles. The van der Waals surface area contributed by atoms with Gasteiger partial charge in [0.1, 0.15) is 4.88 Å². The van der Waals surface area contributed by atoms with Gasteiger partial charge in [0.05, 0.1) is 0 Å². The highest BCUT2D eigenvalue weighted by Crippen LogP contribution is 2.35. The summed E-state index contributed by atoms with van der Waals surface area (Å²) in [4.78, 5) is 12.4. The molecule has 0 aliphatic rings. The molecule has 0 saturated heterocycles. The van der Waals surface area contributed by atoms with Crippen LogP contribution < -0.4 is 0 Å². The van der Waals surface area contributed by atoms with Gasteiger partial charge in [0.2, 0.25) is 0 Å². The largest absolute Gasteiger partial charge is 0.477 e. The molecular formula is C15H16O2S. The van der Waals surface area contributed by atoms with Crippen molar-refractivity contribution in [2.75, 3.05) is 0 Å². The van der Waals surface area contributed by atoms with Gasteiger partial charge in [-0.15, -0.1) is 11.3 Å². The second kappa shape index (κ2) is 4.58. The molecule has 1 aromatic heterocycles. The molecule has 0 unspecified atom stereocenters. The molecule has 0 aliphatic carbocycles. The number of rotatable bonds is 2. The van der Waals surface area contributed by atoms with E-state index in [9.17, 15) is 4.79 Å². The maximum absolute atomic E-state index is 11.0. The van der Waals surface area contributed by atoms with Gasteiger partial charge >= 0.3 is 5.97 Å². The van der Waals surface area contributed by atoms with Crippen molar-refractivity contribution < 1.29 is 9.90 Å². The first-order valence-electron chi connectivity index (χ1n) is 5.82. The van der Waals surface area contributed by atoms with Gasteiger partial charge in [0.25, 0.3) is 0 Å². The third kappa shape index (κ3) is 2.06. The number of carboxylic acids is 1. The molecule has 2 aromatic rings. The van der Waals surface area contributed by atoms with E-state index in [1.165, 1.54) is 39.2 Å². The molecule has 1 heterocycles. The van der Waals surface area contributed by atoms with Crippen LogP contribution in [0.25, 0.3) is 10.4 Å². The lowest BCUT2D eigenvalue weighted by Gasteiger charge is -2.13. The van der Waals surface area contributed by atoms with Gasteiger partial charge < -0.3 is 5.11 Å². The average molecular weight is 260 g/mol. The highest BCUT2D eigenvalue weighted by molar-refractivity contribution is 7.17. The predicted octanol–water partition coefficient (Wildman–Crippen LogP) is 4.35. The zero-order chi connectivity index (χ0) is 13.4. The Bertz CT molecular complexity index is 597. The van der Waals surface area contributed by atoms with E-state index in [2.05, 4.69) is 33.8 Å². The van der Waals surface area contributed by atoms with Crippen LogP contribution in [0.2, 0.25) is 0 Å². The van der Waals surface area contributed by atoms with E-state index >= 15 is 0 Å². The van der Waals surface area contributed by atoms with Crippen molar-refractivity contribution in [2.45, 2.75) is 27.7 Å². The summed E-state index contributed by atoms with van der Waals surface area (Å²) in [6, 6.07) is 5.76. The number of carbonyl (C=O) groups is 1. The first-order valence-corrected chi connectivity index (χ1v) is 6.64. The smallest absolute Gasteiger partial charge is 0.345 e. The molecular weight excluding hydrogens is 244 g/mol. The molecule has 0 atom stereocenters. The van der Waals surface area contributed by atoms with E-state index in [1.54, 1.807) is 6.07 Å². The molecule has 0 radical (unpaired) electrons. The Morgan fingerprint density at radius 1 is 1.06 bits per heavy atom. The molecule has 2 rings (SSSR count). The van der Waals surface area contributed by atoms with Gasteiger partial charge in [-0.2, -0.15) is 0 Å². The van der Waals surface area contributed by atoms with E-state index in [0.29, 0.717) is 4.88 Å². The molecule has 0 aliphatic heterocycles. The Morgan fingerprint density at radius 3 is 2.06 bits per heavy atom. The molecule has 0 saturated carbocycles. The number of thiophene rings is 1. The predicted molar refractivity (Wildman–Crippen MR) is 75.7 cm³/mol. The second-order valence-electron chi connectivity index (χ2n) is 4.60. The lowest BCUT2D eigenvalue weighted by atomic mass is 9.93. The van der Waals surface area contributed by atoms with E-state index < -0.39 is 5.97 Å². The number of carboxylic acid groups (broad SMARTS) is 1. The summed E-state index contributed by atoms with van der Waals surface area (Å²) >= 11 is 1.34. The van der Waals surface area contributed by atoms with Crippen molar-refractivity contribution in [3.05, 3.63) is 45.3 Å². The quantitative estimate of drug-likeness (QED) is 0.871. The summed E-state index contributed by atoms with van der Waals surface area (Å²) in [6.45, 7) is 8.38. The summed E-state index contributed by atoms with van der Waals surface area (Å²) < 4.78 is 0. The summed E-state index contributed by atoms with van der Waals surface area (Å²) in [7, 11) is 0. The number of hydrogen-bond donors (Lipinski definition) is 1. The molecule has 1 N–H and O–H groups in total. The van der Waals surface area contributed by atoms with Gasteiger partial charge in [0.15, 0.2) is 0 Å². The SMILES string of the molecule is Cc1cc(C)c(C)c(-c2ccc(C(=O)O)s2)c1C. The zero-order valence-electron chi connectivity index (χ0n) is 11.0. The van der Waals surface area contributed by atoms with Crippen LogP contribution in [0, 0.1) is 27.7 Å². The topological polar surface area (TPSA) is 37.3 Å². The highest BCUT2D eigenvalue weighted by Gasteiger charge is 2.14. The third-order valence-electron chi connectivity index (χ3n) is 3.43. The molecule has 18 heavy (non-hydrogen) atoms. The number of aryl methyl sites for hydroxylation is 2. The monoisotopic (exact) mass is 260 g/mol. The summed E-state index contributed by atoms with van der Waals surface area (Å²) in [5.74, 6) is -0.856. The van der Waals surface area contributed by atoms with Gasteiger partial charge in [0, 0.05) is 4.88 Å². The van der Waals surface area contributed by atoms with E-state index in [4.69, 9.17) is 5.11 Å². The fourth-order valence-corrected chi connectivity index (χ4v) is 3.18. The van der Waals surface area contributed by atoms with Crippen molar-refractivity contribution >= 4 is 17.3 Å². The Morgan fingerprint density at radius 2 is 1.61 bits per heavy atom. The van der Waals surface area contributed by atoms with Crippen LogP contribution in [0.15, 0.2) is 18.2 Å². The first kappa shape index (κ1) is 12.8. The molecule has 0 fully saturated rings. The maximum atomic E-state index is 11.0. The Hall–Kier alpha value is -1.61. The molecule has 94 valence electrons. The van der Waals surface area contributed by atoms with Crippen LogP contribution in [0.5, 0.6) is 0 Å². The fraction of sp³-hybridized carbons (Fsp3) is 0.267. The van der Waals surface area contributed by atoms with Crippen LogP contribution in [-0.4, -0.2) is 11.1 Å². The average Bonchev–Trinajstić information content (AvgIpc) is 2.76. The molecule has 3 heteroatoms. The standard InChI is InChI=1S/C15H16O2S/c1-8-7-9(2)11(4)14(10(8)3)12-5-6-13(18-12)15(16)17/h5-7H,1-4H3,(H,16,17). The van der Waals surface area contributed by atoms with Gasteiger partial charge in [-0.1, -0.05) is 6.07 Å². The van der Waals surface area contributed by atoms with Crippen LogP contribution >= 0.6 is 11.3 Å². The Kier molecular flexibility index (Phi) is 3.26. The second-order valence-corrected chi connectivity index (χ2v) is 5.69. The van der Waals surface area contributed by atoms with Crippen molar-refractivity contribution in [1.82, 2.24) is 0 Å². The minimum atomic E-state index is -0.856. The molecule has 2 nitrogen and oxygen atoms in total. The molecule has 0 spiro atoms. The van der Waals surface area contributed by atoms with Gasteiger partial charge in [-0.25, -0.2) is 4.79 Å². The minimum absolute atomic E-state index is 0.392. The maximum Gasteiger partial charge on any atom is 0.345 e. The third-order valence-corrected chi connectivity index (χ3v) is 4.52. The molecule has 0 bridgehead atoms. The van der Waals surface area contributed by atoms with Crippen LogP contribution in [0.3, 0.4) is 0 Å². The van der Waals surface area contributed by atoms with Crippen LogP contribution in [-0.2, 0) is 0 Å². The Balaban J connectivity index is 2.66. The van der Waals surface area contributed by atoms with Crippen molar-refractivity contribution in [3.8, 4) is 10.4 Å². The van der Waals surface area contributed by atoms with E-state index in [1.807, 2.05) is 6.07 Å². The zero-order valence-corrected chi connectivity index (χ0v) is 11.8. The van der Waals surface area contributed by atoms with E-state index in [0.717, 1.165) is 4.88 Å². The number of hydrogen-bond acceptors (Lipinski definition) is 2. The first-order chi connectivity index (χ1) is 8.41. The van der Waals surface area contributed by atoms with Crippen LogP contribution in [0.1, 0.15) is 31.9 Å². The van der Waals surface area contributed by atoms with Crippen molar-refractivity contribution in [3.63, 3.8) is 0 Å². The minimum Gasteiger partial charge on any atom is -0.477 e. The van der Waals surface area contributed by atoms with Gasteiger partial charge in [-0.05, 0) is 67.6 Å². The normalized spacial score (nSPS) is 10.7. The van der Waals surface area contributed by atoms with Crippen molar-refractivity contribution in [2.24, 2.45) is 0 Å². The Labute approximate surface area is 111 Å². The van der Waals surface area contributed by atoms with Crippen LogP contribution in [0.4, 0.5) is 0 Å². The number of benzene rings is 1. The summed E-state index contributed by atoms with van der Waals surface area (Å²) in [6.07, 6.45) is 0. The summed E-state index contributed by atoms with van der Waals surface area (Å²) in [5, 5.41) is 9.00. The lowest BCUT2D eigenvalue weighted by molar-refractivity contribution is 0.0702.